The molecule has 6 heteroatoms. The summed E-state index contributed by atoms with van der Waals surface area (Å²) >= 11 is 5.93. The van der Waals surface area contributed by atoms with Gasteiger partial charge in [-0.3, -0.25) is 0 Å². The molecule has 2 atom stereocenters. The van der Waals surface area contributed by atoms with Crippen LogP contribution in [0.25, 0.3) is 0 Å². The van der Waals surface area contributed by atoms with Crippen molar-refractivity contribution in [2.75, 3.05) is 33.5 Å². The Labute approximate surface area is 124 Å². The fourth-order valence-corrected chi connectivity index (χ4v) is 1.78. The molecule has 1 aromatic rings. The normalized spacial score (nSPS) is 14.1. The molecular formula is C14H22ClNO4. The molecule has 0 bridgehead atoms. The van der Waals surface area contributed by atoms with Gasteiger partial charge in [-0.15, -0.1) is 0 Å². The highest BCUT2D eigenvalue weighted by molar-refractivity contribution is 6.30. The summed E-state index contributed by atoms with van der Waals surface area (Å²) in [5.41, 5.74) is 6.67. The largest absolute Gasteiger partial charge is 0.490 e. The van der Waals surface area contributed by atoms with Crippen LogP contribution >= 0.6 is 11.6 Å². The van der Waals surface area contributed by atoms with Crippen LogP contribution in [0.3, 0.4) is 0 Å². The monoisotopic (exact) mass is 303 g/mol. The first-order valence-electron chi connectivity index (χ1n) is 6.47. The molecule has 1 aromatic carbocycles. The second kappa shape index (κ2) is 9.15. The Morgan fingerprint density at radius 2 is 2.05 bits per heavy atom. The van der Waals surface area contributed by atoms with Crippen molar-refractivity contribution in [1.29, 1.82) is 0 Å². The fourth-order valence-electron chi connectivity index (χ4n) is 1.60. The van der Waals surface area contributed by atoms with E-state index in [0.717, 1.165) is 5.56 Å². The zero-order valence-corrected chi connectivity index (χ0v) is 12.6. The molecule has 0 fully saturated rings. The molecule has 0 heterocycles. The Balaban J connectivity index is 2.44. The lowest BCUT2D eigenvalue weighted by molar-refractivity contribution is -0.00435. The maximum atomic E-state index is 9.75. The minimum Gasteiger partial charge on any atom is -0.490 e. The Morgan fingerprint density at radius 1 is 1.30 bits per heavy atom. The van der Waals surface area contributed by atoms with Gasteiger partial charge in [-0.25, -0.2) is 0 Å². The van der Waals surface area contributed by atoms with E-state index in [-0.39, 0.29) is 19.3 Å². The van der Waals surface area contributed by atoms with Crippen LogP contribution in [-0.2, 0) is 9.47 Å². The second-order valence-corrected chi connectivity index (χ2v) is 4.94. The fraction of sp³-hybridized carbons (Fsp3) is 0.571. The summed E-state index contributed by atoms with van der Waals surface area (Å²) in [5.74, 6) is 0.625. The Morgan fingerprint density at radius 3 is 2.70 bits per heavy atom. The Hall–Kier alpha value is -0.850. The molecule has 20 heavy (non-hydrogen) atoms. The number of nitrogens with two attached hydrogens (primary N) is 1. The van der Waals surface area contributed by atoms with Crippen LogP contribution in [0.5, 0.6) is 5.75 Å². The quantitative estimate of drug-likeness (QED) is 0.680. The maximum absolute atomic E-state index is 9.75. The summed E-state index contributed by atoms with van der Waals surface area (Å²) in [7, 11) is 1.60. The average Bonchev–Trinajstić information content (AvgIpc) is 2.42. The summed E-state index contributed by atoms with van der Waals surface area (Å²) in [6.45, 7) is 3.13. The molecule has 0 spiro atoms. The van der Waals surface area contributed by atoms with E-state index in [0.29, 0.717) is 24.0 Å². The van der Waals surface area contributed by atoms with E-state index in [1.807, 2.05) is 6.92 Å². The molecule has 0 aliphatic heterocycles. The van der Waals surface area contributed by atoms with Crippen molar-refractivity contribution in [3.8, 4) is 5.75 Å². The highest BCUT2D eigenvalue weighted by Gasteiger charge is 2.11. The molecule has 0 aliphatic rings. The van der Waals surface area contributed by atoms with Crippen LogP contribution in [0.4, 0.5) is 0 Å². The number of ether oxygens (including phenoxy) is 3. The van der Waals surface area contributed by atoms with Gasteiger partial charge in [-0.05, 0) is 25.1 Å². The predicted octanol–water partition coefficient (Wildman–Crippen LogP) is 1.76. The van der Waals surface area contributed by atoms with Crippen molar-refractivity contribution < 1.29 is 19.3 Å². The molecule has 0 amide bonds. The average molecular weight is 304 g/mol. The van der Waals surface area contributed by atoms with Gasteiger partial charge in [-0.2, -0.15) is 0 Å². The molecule has 0 aliphatic carbocycles. The molecule has 0 aromatic heterocycles. The molecule has 0 saturated heterocycles. The van der Waals surface area contributed by atoms with Gasteiger partial charge in [0.25, 0.3) is 0 Å². The van der Waals surface area contributed by atoms with Crippen LogP contribution in [0.2, 0.25) is 5.02 Å². The molecular weight excluding hydrogens is 282 g/mol. The van der Waals surface area contributed by atoms with Crippen LogP contribution < -0.4 is 10.5 Å². The van der Waals surface area contributed by atoms with Crippen molar-refractivity contribution >= 4 is 11.6 Å². The van der Waals surface area contributed by atoms with E-state index >= 15 is 0 Å². The number of methoxy groups -OCH3 is 1. The third-order valence-corrected chi connectivity index (χ3v) is 2.87. The highest BCUT2D eigenvalue weighted by Crippen LogP contribution is 2.27. The van der Waals surface area contributed by atoms with Gasteiger partial charge in [0.1, 0.15) is 18.5 Å². The van der Waals surface area contributed by atoms with E-state index in [1.165, 1.54) is 0 Å². The number of hydrogen-bond acceptors (Lipinski definition) is 5. The van der Waals surface area contributed by atoms with Gasteiger partial charge < -0.3 is 25.1 Å². The van der Waals surface area contributed by atoms with Crippen molar-refractivity contribution in [3.63, 3.8) is 0 Å². The first kappa shape index (κ1) is 17.2. The number of aliphatic hydroxyl groups excluding tert-OH is 1. The van der Waals surface area contributed by atoms with E-state index in [1.54, 1.807) is 25.3 Å². The molecule has 0 saturated carbocycles. The van der Waals surface area contributed by atoms with Gasteiger partial charge in [0.05, 0.1) is 19.8 Å². The number of benzene rings is 1. The maximum Gasteiger partial charge on any atom is 0.124 e. The van der Waals surface area contributed by atoms with Gasteiger partial charge in [0, 0.05) is 23.7 Å². The lowest BCUT2D eigenvalue weighted by Crippen LogP contribution is -2.25. The van der Waals surface area contributed by atoms with E-state index in [2.05, 4.69) is 0 Å². The van der Waals surface area contributed by atoms with Gasteiger partial charge >= 0.3 is 0 Å². The molecule has 1 rings (SSSR count). The van der Waals surface area contributed by atoms with E-state index in [4.69, 9.17) is 31.5 Å². The van der Waals surface area contributed by atoms with E-state index in [9.17, 15) is 5.11 Å². The third kappa shape index (κ3) is 6.07. The predicted molar refractivity (Wildman–Crippen MR) is 78.3 cm³/mol. The zero-order chi connectivity index (χ0) is 15.0. The molecule has 0 radical (unpaired) electrons. The number of halogens is 1. The van der Waals surface area contributed by atoms with Crippen LogP contribution in [0.15, 0.2) is 18.2 Å². The lowest BCUT2D eigenvalue weighted by Gasteiger charge is -2.17. The molecule has 1 unspecified atom stereocenters. The summed E-state index contributed by atoms with van der Waals surface area (Å²) in [5, 5.41) is 10.4. The summed E-state index contributed by atoms with van der Waals surface area (Å²) in [4.78, 5) is 0. The van der Waals surface area contributed by atoms with Gasteiger partial charge in [0.15, 0.2) is 0 Å². The topological polar surface area (TPSA) is 73.9 Å². The van der Waals surface area contributed by atoms with Crippen LogP contribution in [-0.4, -0.2) is 44.7 Å². The van der Waals surface area contributed by atoms with Crippen LogP contribution in [0, 0.1) is 0 Å². The molecule has 3 N–H and O–H groups in total. The van der Waals surface area contributed by atoms with Gasteiger partial charge in [-0.1, -0.05) is 11.6 Å². The van der Waals surface area contributed by atoms with Crippen molar-refractivity contribution in [2.24, 2.45) is 5.73 Å². The number of rotatable bonds is 9. The summed E-state index contributed by atoms with van der Waals surface area (Å²) in [6.07, 6.45) is -0.705. The summed E-state index contributed by atoms with van der Waals surface area (Å²) < 4.78 is 15.6. The molecule has 114 valence electrons. The smallest absolute Gasteiger partial charge is 0.124 e. The Bertz CT molecular complexity index is 401. The van der Waals surface area contributed by atoms with Gasteiger partial charge in [0.2, 0.25) is 0 Å². The summed E-state index contributed by atoms with van der Waals surface area (Å²) in [6, 6.07) is 5.05. The third-order valence-electron chi connectivity index (χ3n) is 2.64. The SMILES string of the molecule is COCCOCC(O)COc1ccc(Cl)cc1[C@H](C)N. The molecule has 5 nitrogen and oxygen atoms in total. The first-order chi connectivity index (χ1) is 9.54. The number of aliphatic hydroxyl groups is 1. The number of hydrogen-bond donors (Lipinski definition) is 2. The Kier molecular flexibility index (Phi) is 7.87. The first-order valence-corrected chi connectivity index (χ1v) is 6.85. The van der Waals surface area contributed by atoms with E-state index < -0.39 is 6.10 Å². The minimum absolute atomic E-state index is 0.133. The van der Waals surface area contributed by atoms with Crippen molar-refractivity contribution in [1.82, 2.24) is 0 Å². The second-order valence-electron chi connectivity index (χ2n) is 4.50. The lowest BCUT2D eigenvalue weighted by atomic mass is 10.1. The zero-order valence-electron chi connectivity index (χ0n) is 11.8. The highest BCUT2D eigenvalue weighted by atomic mass is 35.5. The van der Waals surface area contributed by atoms with Crippen molar-refractivity contribution in [2.45, 2.75) is 19.1 Å². The van der Waals surface area contributed by atoms with Crippen LogP contribution in [0.1, 0.15) is 18.5 Å². The standard InChI is InChI=1S/C14H22ClNO4/c1-10(16)13-7-11(15)3-4-14(13)20-9-12(17)8-19-6-5-18-2/h3-4,7,10,12,17H,5-6,8-9,16H2,1-2H3/t10-,12?/m0/s1. The minimum atomic E-state index is -0.705. The van der Waals surface area contributed by atoms with Crippen molar-refractivity contribution in [3.05, 3.63) is 28.8 Å².